The summed E-state index contributed by atoms with van der Waals surface area (Å²) in [5, 5.41) is 0. The zero-order valence-electron chi connectivity index (χ0n) is 12.1. The molecule has 106 valence electrons. The number of hydrogen-bond acceptors (Lipinski definition) is 3. The van der Waals surface area contributed by atoms with Crippen LogP contribution in [0.15, 0.2) is 18.2 Å². The average molecular weight is 264 g/mol. The molecule has 0 bridgehead atoms. The molecular weight excluding hydrogens is 240 g/mol. The van der Waals surface area contributed by atoms with Crippen LogP contribution in [0.25, 0.3) is 0 Å². The Hall–Kier alpha value is -1.71. The minimum Gasteiger partial charge on any atom is -0.491 e. The Bertz CT molecular complexity index is 415. The first kappa shape index (κ1) is 15.3. The van der Waals surface area contributed by atoms with E-state index < -0.39 is 0 Å². The minimum atomic E-state index is 0.0109. The number of nitrogens with zero attached hydrogens (tertiary/aromatic N) is 1. The third kappa shape index (κ3) is 4.16. The number of nitrogens with two attached hydrogens (primary N) is 1. The third-order valence-corrected chi connectivity index (χ3v) is 3.06. The summed E-state index contributed by atoms with van der Waals surface area (Å²) in [4.78, 5) is 13.9. The van der Waals surface area contributed by atoms with Crippen LogP contribution in [0, 0.1) is 0 Å². The van der Waals surface area contributed by atoms with Crippen LogP contribution < -0.4 is 10.5 Å². The van der Waals surface area contributed by atoms with Crippen LogP contribution >= 0.6 is 0 Å². The first-order valence-electron chi connectivity index (χ1n) is 6.95. The highest BCUT2D eigenvalue weighted by atomic mass is 16.5. The second-order valence-electron chi connectivity index (χ2n) is 4.43. The number of nitrogen functional groups attached to an aromatic ring is 1. The number of unbranched alkanes of at least 4 members (excludes halogenated alkanes) is 1. The number of benzene rings is 1. The summed E-state index contributed by atoms with van der Waals surface area (Å²) in [5.74, 6) is 0.668. The number of hydrogen-bond donors (Lipinski definition) is 1. The molecule has 0 saturated carbocycles. The first-order chi connectivity index (χ1) is 9.13. The molecule has 0 radical (unpaired) electrons. The van der Waals surface area contributed by atoms with Crippen LogP contribution in [0.5, 0.6) is 5.75 Å². The summed E-state index contributed by atoms with van der Waals surface area (Å²) in [6, 6.07) is 5.25. The quantitative estimate of drug-likeness (QED) is 0.608. The van der Waals surface area contributed by atoms with Gasteiger partial charge in [-0.3, -0.25) is 4.79 Å². The van der Waals surface area contributed by atoms with Crippen molar-refractivity contribution >= 4 is 11.6 Å². The average Bonchev–Trinajstić information content (AvgIpc) is 2.42. The van der Waals surface area contributed by atoms with Gasteiger partial charge in [-0.05, 0) is 38.5 Å². The van der Waals surface area contributed by atoms with Gasteiger partial charge in [0.1, 0.15) is 5.75 Å². The normalized spacial score (nSPS) is 10.3. The minimum absolute atomic E-state index is 0.0109. The number of rotatable bonds is 7. The monoisotopic (exact) mass is 264 g/mol. The lowest BCUT2D eigenvalue weighted by Gasteiger charge is -2.19. The zero-order valence-corrected chi connectivity index (χ0v) is 12.1. The van der Waals surface area contributed by atoms with E-state index in [1.807, 2.05) is 13.8 Å². The lowest BCUT2D eigenvalue weighted by molar-refractivity contribution is 0.0773. The highest BCUT2D eigenvalue weighted by molar-refractivity contribution is 5.95. The van der Waals surface area contributed by atoms with Crippen LogP contribution in [-0.4, -0.2) is 30.5 Å². The van der Waals surface area contributed by atoms with Crippen molar-refractivity contribution in [1.82, 2.24) is 4.90 Å². The largest absolute Gasteiger partial charge is 0.491 e. The highest BCUT2D eigenvalue weighted by Crippen LogP contribution is 2.23. The molecule has 1 rings (SSSR count). The van der Waals surface area contributed by atoms with Gasteiger partial charge in [0.25, 0.3) is 5.91 Å². The van der Waals surface area contributed by atoms with E-state index in [9.17, 15) is 4.79 Å². The molecule has 4 nitrogen and oxygen atoms in total. The third-order valence-electron chi connectivity index (χ3n) is 3.06. The fourth-order valence-corrected chi connectivity index (χ4v) is 1.83. The molecular formula is C15H24N2O2. The SMILES string of the molecule is CCCCOc1ccc(C(=O)N(CC)CC)cc1N. The van der Waals surface area contributed by atoms with Crippen molar-refractivity contribution in [2.75, 3.05) is 25.4 Å². The van der Waals surface area contributed by atoms with Crippen molar-refractivity contribution in [3.05, 3.63) is 23.8 Å². The van der Waals surface area contributed by atoms with Crippen LogP contribution in [0.4, 0.5) is 5.69 Å². The molecule has 0 fully saturated rings. The second-order valence-corrected chi connectivity index (χ2v) is 4.43. The first-order valence-corrected chi connectivity index (χ1v) is 6.95. The van der Waals surface area contributed by atoms with E-state index in [0.29, 0.717) is 36.7 Å². The van der Waals surface area contributed by atoms with Gasteiger partial charge in [0, 0.05) is 18.7 Å². The van der Waals surface area contributed by atoms with Crippen LogP contribution in [0.3, 0.4) is 0 Å². The Balaban J connectivity index is 2.78. The molecule has 1 aromatic carbocycles. The molecule has 0 aliphatic heterocycles. The number of carbonyl (C=O) groups excluding carboxylic acids is 1. The van der Waals surface area contributed by atoms with E-state index in [4.69, 9.17) is 10.5 Å². The summed E-state index contributed by atoms with van der Waals surface area (Å²) in [6.45, 7) is 8.09. The summed E-state index contributed by atoms with van der Waals surface area (Å²) in [5.41, 5.74) is 7.07. The smallest absolute Gasteiger partial charge is 0.253 e. The van der Waals surface area contributed by atoms with Crippen LogP contribution in [-0.2, 0) is 0 Å². The predicted molar refractivity (Wildman–Crippen MR) is 78.5 cm³/mol. The Labute approximate surface area is 115 Å². The van der Waals surface area contributed by atoms with E-state index >= 15 is 0 Å². The van der Waals surface area contributed by atoms with E-state index in [1.165, 1.54) is 0 Å². The molecule has 19 heavy (non-hydrogen) atoms. The van der Waals surface area contributed by atoms with Gasteiger partial charge in [-0.1, -0.05) is 13.3 Å². The van der Waals surface area contributed by atoms with Gasteiger partial charge in [0.2, 0.25) is 0 Å². The fourth-order valence-electron chi connectivity index (χ4n) is 1.83. The second kappa shape index (κ2) is 7.67. The van der Waals surface area contributed by atoms with Gasteiger partial charge in [0.15, 0.2) is 0 Å². The van der Waals surface area contributed by atoms with E-state index in [-0.39, 0.29) is 5.91 Å². The Morgan fingerprint density at radius 2 is 1.95 bits per heavy atom. The molecule has 0 spiro atoms. The van der Waals surface area contributed by atoms with Crippen molar-refractivity contribution in [3.63, 3.8) is 0 Å². The molecule has 0 saturated heterocycles. The van der Waals surface area contributed by atoms with Crippen LogP contribution in [0.1, 0.15) is 44.0 Å². The summed E-state index contributed by atoms with van der Waals surface area (Å²) in [6.07, 6.45) is 2.08. The maximum atomic E-state index is 12.2. The van der Waals surface area contributed by atoms with Crippen LogP contribution in [0.2, 0.25) is 0 Å². The van der Waals surface area contributed by atoms with Crippen molar-refractivity contribution in [2.45, 2.75) is 33.6 Å². The number of carbonyl (C=O) groups is 1. The maximum absolute atomic E-state index is 12.2. The van der Waals surface area contributed by atoms with Gasteiger partial charge in [-0.2, -0.15) is 0 Å². The molecule has 1 aromatic rings. The summed E-state index contributed by atoms with van der Waals surface area (Å²) < 4.78 is 5.58. The van der Waals surface area contributed by atoms with Gasteiger partial charge >= 0.3 is 0 Å². The Morgan fingerprint density at radius 1 is 1.26 bits per heavy atom. The topological polar surface area (TPSA) is 55.6 Å². The Morgan fingerprint density at radius 3 is 2.47 bits per heavy atom. The maximum Gasteiger partial charge on any atom is 0.253 e. The number of ether oxygens (including phenoxy) is 1. The molecule has 0 aliphatic rings. The molecule has 0 heterocycles. The van der Waals surface area contributed by atoms with Crippen molar-refractivity contribution in [3.8, 4) is 5.75 Å². The molecule has 1 amide bonds. The molecule has 0 unspecified atom stereocenters. The van der Waals surface area contributed by atoms with Gasteiger partial charge in [-0.15, -0.1) is 0 Å². The van der Waals surface area contributed by atoms with Gasteiger partial charge in [-0.25, -0.2) is 0 Å². The molecule has 4 heteroatoms. The van der Waals surface area contributed by atoms with Crippen molar-refractivity contribution in [2.24, 2.45) is 0 Å². The lowest BCUT2D eigenvalue weighted by Crippen LogP contribution is -2.30. The molecule has 2 N–H and O–H groups in total. The van der Waals surface area contributed by atoms with E-state index in [2.05, 4.69) is 6.92 Å². The van der Waals surface area contributed by atoms with Gasteiger partial charge < -0.3 is 15.4 Å². The predicted octanol–water partition coefficient (Wildman–Crippen LogP) is 2.93. The summed E-state index contributed by atoms with van der Waals surface area (Å²) >= 11 is 0. The summed E-state index contributed by atoms with van der Waals surface area (Å²) in [7, 11) is 0. The highest BCUT2D eigenvalue weighted by Gasteiger charge is 2.13. The zero-order chi connectivity index (χ0) is 14.3. The number of amides is 1. The standard InChI is InChI=1S/C15H24N2O2/c1-4-7-10-19-14-9-8-12(11-13(14)16)15(18)17(5-2)6-3/h8-9,11H,4-7,10,16H2,1-3H3. The van der Waals surface area contributed by atoms with Gasteiger partial charge in [0.05, 0.1) is 12.3 Å². The number of anilines is 1. The fraction of sp³-hybridized carbons (Fsp3) is 0.533. The molecule has 0 aromatic heterocycles. The lowest BCUT2D eigenvalue weighted by atomic mass is 10.1. The van der Waals surface area contributed by atoms with Crippen molar-refractivity contribution in [1.29, 1.82) is 0 Å². The molecule has 0 aliphatic carbocycles. The Kier molecular flexibility index (Phi) is 6.19. The molecule has 0 atom stereocenters. The van der Waals surface area contributed by atoms with Crippen molar-refractivity contribution < 1.29 is 9.53 Å². The van der Waals surface area contributed by atoms with E-state index in [0.717, 1.165) is 12.8 Å². The van der Waals surface area contributed by atoms with E-state index in [1.54, 1.807) is 23.1 Å².